The molecule has 0 aliphatic heterocycles. The Bertz CT molecular complexity index is 569. The normalized spacial score (nSPS) is 11.8. The number of halogens is 1. The highest BCUT2D eigenvalue weighted by molar-refractivity contribution is 9.10. The van der Waals surface area contributed by atoms with Gasteiger partial charge in [0.05, 0.1) is 6.20 Å². The van der Waals surface area contributed by atoms with Crippen LogP contribution in [-0.2, 0) is 6.54 Å². The fraction of sp³-hybridized carbons (Fsp3) is 0.429. The van der Waals surface area contributed by atoms with Crippen LogP contribution in [0.4, 0.5) is 0 Å². The van der Waals surface area contributed by atoms with Crippen LogP contribution in [0.2, 0.25) is 0 Å². The van der Waals surface area contributed by atoms with E-state index >= 15 is 0 Å². The van der Waals surface area contributed by atoms with Gasteiger partial charge >= 0.3 is 0 Å². The summed E-state index contributed by atoms with van der Waals surface area (Å²) in [4.78, 5) is 4.48. The summed E-state index contributed by atoms with van der Waals surface area (Å²) in [5.41, 5.74) is 2.31. The zero-order valence-corrected chi connectivity index (χ0v) is 13.3. The monoisotopic (exact) mass is 322 g/mol. The number of aryl methyl sites for hydroxylation is 1. The first kappa shape index (κ1) is 14.2. The van der Waals surface area contributed by atoms with E-state index in [4.69, 9.17) is 0 Å². The molecule has 0 aliphatic rings. The summed E-state index contributed by atoms with van der Waals surface area (Å²) in [6.45, 7) is 9.22. The van der Waals surface area contributed by atoms with Crippen LogP contribution < -0.4 is 5.32 Å². The lowest BCUT2D eigenvalue weighted by molar-refractivity contribution is 0.423. The van der Waals surface area contributed by atoms with E-state index in [-0.39, 0.29) is 5.54 Å². The van der Waals surface area contributed by atoms with Gasteiger partial charge in [0.25, 0.3) is 0 Å². The molecule has 2 heterocycles. The van der Waals surface area contributed by atoms with Crippen LogP contribution in [0.15, 0.2) is 29.1 Å². The molecule has 1 N–H and O–H groups in total. The first-order valence-electron chi connectivity index (χ1n) is 6.26. The highest BCUT2D eigenvalue weighted by Crippen LogP contribution is 2.18. The number of hydrogen-bond donors (Lipinski definition) is 1. The van der Waals surface area contributed by atoms with Crippen LogP contribution in [0.5, 0.6) is 0 Å². The molecular weight excluding hydrogens is 304 g/mol. The average molecular weight is 323 g/mol. The van der Waals surface area contributed by atoms with Crippen molar-refractivity contribution in [2.75, 3.05) is 0 Å². The van der Waals surface area contributed by atoms with Crippen molar-refractivity contribution in [3.05, 3.63) is 40.3 Å². The number of pyridine rings is 1. The van der Waals surface area contributed by atoms with E-state index in [1.54, 1.807) is 6.20 Å². The highest BCUT2D eigenvalue weighted by atomic mass is 79.9. The Morgan fingerprint density at radius 1 is 1.32 bits per heavy atom. The lowest BCUT2D eigenvalue weighted by Gasteiger charge is -2.21. The predicted molar refractivity (Wildman–Crippen MR) is 80.4 cm³/mol. The number of nitrogens with one attached hydrogen (secondary N) is 1. The summed E-state index contributed by atoms with van der Waals surface area (Å²) in [7, 11) is 0. The summed E-state index contributed by atoms with van der Waals surface area (Å²) in [5, 5.41) is 7.81. The van der Waals surface area contributed by atoms with Gasteiger partial charge in [-0.05, 0) is 55.3 Å². The summed E-state index contributed by atoms with van der Waals surface area (Å²) < 4.78 is 2.80. The van der Waals surface area contributed by atoms with E-state index in [2.05, 4.69) is 58.2 Å². The standard InChI is InChI=1S/C14H19BrN4/c1-10-6-18-19(9-10)13-11(5-12(15)8-16-13)7-17-14(2,3)4/h5-6,8-9,17H,7H2,1-4H3. The van der Waals surface area contributed by atoms with Crippen molar-refractivity contribution in [1.82, 2.24) is 20.1 Å². The Hall–Kier alpha value is -1.20. The maximum atomic E-state index is 4.48. The topological polar surface area (TPSA) is 42.7 Å². The van der Waals surface area contributed by atoms with Gasteiger partial charge in [0.2, 0.25) is 0 Å². The zero-order valence-electron chi connectivity index (χ0n) is 11.7. The minimum absolute atomic E-state index is 0.0691. The van der Waals surface area contributed by atoms with Crippen molar-refractivity contribution in [3.63, 3.8) is 0 Å². The lowest BCUT2D eigenvalue weighted by Crippen LogP contribution is -2.35. The number of nitrogens with zero attached hydrogens (tertiary/aromatic N) is 3. The van der Waals surface area contributed by atoms with E-state index in [9.17, 15) is 0 Å². The summed E-state index contributed by atoms with van der Waals surface area (Å²) in [6, 6.07) is 2.08. The van der Waals surface area contributed by atoms with E-state index < -0.39 is 0 Å². The molecule has 4 nitrogen and oxygen atoms in total. The minimum Gasteiger partial charge on any atom is -0.308 e. The summed E-state index contributed by atoms with van der Waals surface area (Å²) in [6.07, 6.45) is 5.62. The van der Waals surface area contributed by atoms with Crippen molar-refractivity contribution in [1.29, 1.82) is 0 Å². The van der Waals surface area contributed by atoms with Gasteiger partial charge in [0, 0.05) is 34.5 Å². The Kier molecular flexibility index (Phi) is 4.06. The van der Waals surface area contributed by atoms with Crippen LogP contribution >= 0.6 is 15.9 Å². The number of aromatic nitrogens is 3. The summed E-state index contributed by atoms with van der Waals surface area (Å²) in [5.74, 6) is 0.869. The van der Waals surface area contributed by atoms with Crippen molar-refractivity contribution >= 4 is 15.9 Å². The quantitative estimate of drug-likeness (QED) is 0.943. The van der Waals surface area contributed by atoms with Gasteiger partial charge in [-0.15, -0.1) is 0 Å². The lowest BCUT2D eigenvalue weighted by atomic mass is 10.1. The van der Waals surface area contributed by atoms with E-state index in [1.165, 1.54) is 0 Å². The Morgan fingerprint density at radius 2 is 2.05 bits per heavy atom. The molecule has 0 saturated heterocycles. The predicted octanol–water partition coefficient (Wildman–Crippen LogP) is 3.23. The van der Waals surface area contributed by atoms with Crippen LogP contribution in [0.3, 0.4) is 0 Å². The number of hydrogen-bond acceptors (Lipinski definition) is 3. The minimum atomic E-state index is 0.0691. The maximum absolute atomic E-state index is 4.48. The van der Waals surface area contributed by atoms with Crippen LogP contribution in [-0.4, -0.2) is 20.3 Å². The third-order valence-corrected chi connectivity index (χ3v) is 3.08. The molecule has 0 fully saturated rings. The van der Waals surface area contributed by atoms with Gasteiger partial charge in [-0.1, -0.05) is 0 Å². The third kappa shape index (κ3) is 3.88. The fourth-order valence-electron chi connectivity index (χ4n) is 1.70. The van der Waals surface area contributed by atoms with E-state index in [1.807, 2.05) is 24.0 Å². The largest absolute Gasteiger partial charge is 0.308 e. The van der Waals surface area contributed by atoms with Crippen LogP contribution in [0.25, 0.3) is 5.82 Å². The summed E-state index contributed by atoms with van der Waals surface area (Å²) >= 11 is 3.47. The molecule has 19 heavy (non-hydrogen) atoms. The van der Waals surface area contributed by atoms with E-state index in [0.717, 1.165) is 28.0 Å². The SMILES string of the molecule is Cc1cnn(-c2ncc(Br)cc2CNC(C)(C)C)c1. The van der Waals surface area contributed by atoms with Gasteiger partial charge < -0.3 is 5.32 Å². The van der Waals surface area contributed by atoms with Gasteiger partial charge in [0.1, 0.15) is 0 Å². The maximum Gasteiger partial charge on any atom is 0.157 e. The van der Waals surface area contributed by atoms with Crippen LogP contribution in [0.1, 0.15) is 31.9 Å². The van der Waals surface area contributed by atoms with Gasteiger partial charge in [-0.2, -0.15) is 5.10 Å². The second-order valence-electron chi connectivity index (χ2n) is 5.70. The molecule has 0 spiro atoms. The first-order valence-corrected chi connectivity index (χ1v) is 7.05. The molecule has 0 aliphatic carbocycles. The van der Waals surface area contributed by atoms with Crippen molar-refractivity contribution < 1.29 is 0 Å². The molecule has 0 aromatic carbocycles. The zero-order chi connectivity index (χ0) is 14.0. The molecule has 2 aromatic heterocycles. The second kappa shape index (κ2) is 5.43. The average Bonchev–Trinajstić information content (AvgIpc) is 2.72. The van der Waals surface area contributed by atoms with Gasteiger partial charge in [-0.25, -0.2) is 9.67 Å². The van der Waals surface area contributed by atoms with Gasteiger partial charge in [-0.3, -0.25) is 0 Å². The Morgan fingerprint density at radius 3 is 2.63 bits per heavy atom. The van der Waals surface area contributed by atoms with Crippen molar-refractivity contribution in [2.45, 2.75) is 39.8 Å². The molecule has 0 amide bonds. The molecule has 2 aromatic rings. The third-order valence-electron chi connectivity index (χ3n) is 2.65. The van der Waals surface area contributed by atoms with Gasteiger partial charge in [0.15, 0.2) is 5.82 Å². The smallest absolute Gasteiger partial charge is 0.157 e. The van der Waals surface area contributed by atoms with Crippen molar-refractivity contribution in [2.24, 2.45) is 0 Å². The molecular formula is C14H19BrN4. The molecule has 0 unspecified atom stereocenters. The Labute approximate surface area is 122 Å². The molecule has 2 rings (SSSR count). The number of rotatable bonds is 3. The molecule has 0 bridgehead atoms. The highest BCUT2D eigenvalue weighted by Gasteiger charge is 2.13. The second-order valence-corrected chi connectivity index (χ2v) is 6.62. The fourth-order valence-corrected chi connectivity index (χ4v) is 2.08. The molecule has 0 radical (unpaired) electrons. The Balaban J connectivity index is 2.33. The van der Waals surface area contributed by atoms with Crippen molar-refractivity contribution in [3.8, 4) is 5.82 Å². The van der Waals surface area contributed by atoms with E-state index in [0.29, 0.717) is 0 Å². The molecule has 0 atom stereocenters. The molecule has 102 valence electrons. The molecule has 0 saturated carbocycles. The van der Waals surface area contributed by atoms with Crippen LogP contribution in [0, 0.1) is 6.92 Å². The molecule has 5 heteroatoms. The first-order chi connectivity index (χ1) is 8.85.